The minimum atomic E-state index is -0.534. The van der Waals surface area contributed by atoms with Gasteiger partial charge < -0.3 is 4.74 Å². The summed E-state index contributed by atoms with van der Waals surface area (Å²) < 4.78 is 4.87. The molecular formula is C27H56N2O2. The van der Waals surface area contributed by atoms with Crippen molar-refractivity contribution in [2.75, 3.05) is 6.61 Å². The van der Waals surface area contributed by atoms with E-state index in [1.54, 1.807) is 0 Å². The average Bonchev–Trinajstić information content (AvgIpc) is 2.76. The summed E-state index contributed by atoms with van der Waals surface area (Å²) in [6, 6.07) is 0. The number of carbonyl (C=O) groups excluding carboxylic acids is 1. The van der Waals surface area contributed by atoms with Gasteiger partial charge in [-0.2, -0.15) is 0 Å². The third kappa shape index (κ3) is 27.2. The van der Waals surface area contributed by atoms with E-state index in [2.05, 4.69) is 13.8 Å². The number of amides is 1. The molecule has 4 nitrogen and oxygen atoms in total. The molecule has 0 unspecified atom stereocenters. The van der Waals surface area contributed by atoms with Gasteiger partial charge in [-0.15, -0.1) is 0 Å². The van der Waals surface area contributed by atoms with Gasteiger partial charge in [0.05, 0.1) is 6.61 Å². The lowest BCUT2D eigenvalue weighted by atomic mass is 10.0. The van der Waals surface area contributed by atoms with E-state index in [1.807, 2.05) is 5.43 Å². The Balaban J connectivity index is 3.03. The largest absolute Gasteiger partial charge is 0.449 e. The van der Waals surface area contributed by atoms with Crippen LogP contribution in [0.15, 0.2) is 0 Å². The maximum Gasteiger partial charge on any atom is 0.421 e. The van der Waals surface area contributed by atoms with E-state index in [-0.39, 0.29) is 0 Å². The van der Waals surface area contributed by atoms with Crippen LogP contribution >= 0.6 is 0 Å². The summed E-state index contributed by atoms with van der Waals surface area (Å²) in [6.45, 7) is 5.14. The lowest BCUT2D eigenvalue weighted by molar-refractivity contribution is 0.144. The molecule has 0 aliphatic heterocycles. The summed E-state index contributed by atoms with van der Waals surface area (Å²) >= 11 is 0. The van der Waals surface area contributed by atoms with E-state index < -0.39 is 6.09 Å². The van der Waals surface area contributed by atoms with Crippen molar-refractivity contribution in [3.63, 3.8) is 0 Å². The van der Waals surface area contributed by atoms with Crippen LogP contribution in [0.3, 0.4) is 0 Å². The molecule has 0 heterocycles. The highest BCUT2D eigenvalue weighted by atomic mass is 16.5. The summed E-state index contributed by atoms with van der Waals surface area (Å²) in [4.78, 5) is 10.8. The maximum absolute atomic E-state index is 10.8. The first-order chi connectivity index (χ1) is 15.2. The molecule has 3 N–H and O–H groups in total. The minimum Gasteiger partial charge on any atom is -0.449 e. The van der Waals surface area contributed by atoms with Crippen LogP contribution in [0.4, 0.5) is 4.79 Å². The van der Waals surface area contributed by atoms with E-state index in [0.717, 1.165) is 18.8 Å². The second-order valence-corrected chi connectivity index (χ2v) is 9.89. The average molecular weight is 441 g/mol. The van der Waals surface area contributed by atoms with Gasteiger partial charge in [0.25, 0.3) is 0 Å². The van der Waals surface area contributed by atoms with Gasteiger partial charge in [-0.05, 0) is 12.3 Å². The number of carbonyl (C=O) groups is 1. The Morgan fingerprint density at radius 1 is 0.581 bits per heavy atom. The molecule has 0 bridgehead atoms. The number of hydrazine groups is 1. The summed E-state index contributed by atoms with van der Waals surface area (Å²) in [7, 11) is 0. The van der Waals surface area contributed by atoms with Crippen LogP contribution in [-0.2, 0) is 4.74 Å². The maximum atomic E-state index is 10.8. The van der Waals surface area contributed by atoms with Gasteiger partial charge >= 0.3 is 6.09 Å². The summed E-state index contributed by atoms with van der Waals surface area (Å²) in [5, 5.41) is 0. The van der Waals surface area contributed by atoms with E-state index in [1.165, 1.54) is 128 Å². The second-order valence-electron chi connectivity index (χ2n) is 9.89. The molecule has 0 fully saturated rings. The first-order valence-electron chi connectivity index (χ1n) is 13.8. The highest BCUT2D eigenvalue weighted by Crippen LogP contribution is 2.15. The van der Waals surface area contributed by atoms with Crippen LogP contribution in [0, 0.1) is 5.92 Å². The molecule has 1 amide bonds. The monoisotopic (exact) mass is 440 g/mol. The normalized spacial score (nSPS) is 11.2. The smallest absolute Gasteiger partial charge is 0.421 e. The SMILES string of the molecule is CC(C)CCCCCCCCCCCCCCCCCCCCCCCOC(=O)NN. The molecule has 0 aliphatic rings. The molecule has 0 spiro atoms. The van der Waals surface area contributed by atoms with E-state index in [4.69, 9.17) is 10.6 Å². The van der Waals surface area contributed by atoms with Gasteiger partial charge in [0.15, 0.2) is 0 Å². The first kappa shape index (κ1) is 30.2. The predicted molar refractivity (Wildman–Crippen MR) is 135 cm³/mol. The molecule has 0 rings (SSSR count). The Hall–Kier alpha value is -0.770. The van der Waals surface area contributed by atoms with Crippen molar-refractivity contribution in [1.82, 2.24) is 5.43 Å². The Labute approximate surface area is 194 Å². The summed E-state index contributed by atoms with van der Waals surface area (Å²) in [6.07, 6.45) is 29.9. The van der Waals surface area contributed by atoms with Crippen molar-refractivity contribution in [2.24, 2.45) is 11.8 Å². The zero-order valence-electron chi connectivity index (χ0n) is 21.2. The van der Waals surface area contributed by atoms with Crippen molar-refractivity contribution in [3.8, 4) is 0 Å². The van der Waals surface area contributed by atoms with Crippen LogP contribution in [0.5, 0.6) is 0 Å². The molecule has 0 aliphatic carbocycles. The van der Waals surface area contributed by atoms with Crippen LogP contribution in [-0.4, -0.2) is 12.7 Å². The molecule has 0 saturated carbocycles. The van der Waals surface area contributed by atoms with Crippen LogP contribution in [0.25, 0.3) is 0 Å². The fourth-order valence-electron chi connectivity index (χ4n) is 4.22. The number of nitrogens with one attached hydrogen (secondary N) is 1. The predicted octanol–water partition coefficient (Wildman–Crippen LogP) is 8.82. The van der Waals surface area contributed by atoms with E-state index >= 15 is 0 Å². The molecule has 0 aromatic carbocycles. The highest BCUT2D eigenvalue weighted by Gasteiger charge is 1.98. The molecule has 0 atom stereocenters. The number of hydrogen-bond donors (Lipinski definition) is 2. The zero-order chi connectivity index (χ0) is 22.8. The lowest BCUT2D eigenvalue weighted by Crippen LogP contribution is -2.30. The highest BCUT2D eigenvalue weighted by molar-refractivity contribution is 5.66. The van der Waals surface area contributed by atoms with Gasteiger partial charge in [-0.1, -0.05) is 149 Å². The van der Waals surface area contributed by atoms with Crippen molar-refractivity contribution in [3.05, 3.63) is 0 Å². The zero-order valence-corrected chi connectivity index (χ0v) is 21.2. The van der Waals surface area contributed by atoms with Crippen molar-refractivity contribution in [2.45, 2.75) is 155 Å². The molecule has 0 saturated heterocycles. The molecule has 0 aromatic heterocycles. The van der Waals surface area contributed by atoms with Gasteiger partial charge in [0.1, 0.15) is 0 Å². The topological polar surface area (TPSA) is 64.3 Å². The third-order valence-electron chi connectivity index (χ3n) is 6.28. The number of nitrogens with two attached hydrogens (primary N) is 1. The van der Waals surface area contributed by atoms with Gasteiger partial charge in [-0.25, -0.2) is 10.6 Å². The Kier molecular flexibility index (Phi) is 24.9. The van der Waals surface area contributed by atoms with E-state index in [0.29, 0.717) is 6.61 Å². The molecular weight excluding hydrogens is 384 g/mol. The van der Waals surface area contributed by atoms with Gasteiger partial charge in [0.2, 0.25) is 0 Å². The fraction of sp³-hybridized carbons (Fsp3) is 0.963. The van der Waals surface area contributed by atoms with Crippen molar-refractivity contribution in [1.29, 1.82) is 0 Å². The standard InChI is InChI=1S/C27H56N2O2/c1-26(2)24-22-20-18-16-14-12-10-8-6-4-3-5-7-9-11-13-15-17-19-21-23-25-31-27(30)29-28/h26H,3-25,28H2,1-2H3,(H,29,30). The Morgan fingerprint density at radius 3 is 1.16 bits per heavy atom. The summed E-state index contributed by atoms with van der Waals surface area (Å²) in [5.74, 6) is 5.83. The third-order valence-corrected chi connectivity index (χ3v) is 6.28. The van der Waals surface area contributed by atoms with E-state index in [9.17, 15) is 4.79 Å². The first-order valence-corrected chi connectivity index (χ1v) is 13.8. The van der Waals surface area contributed by atoms with Crippen molar-refractivity contribution >= 4 is 6.09 Å². The second kappa shape index (κ2) is 25.5. The summed E-state index contributed by atoms with van der Waals surface area (Å²) in [5.41, 5.74) is 1.97. The number of rotatable bonds is 24. The molecule has 0 radical (unpaired) electrons. The van der Waals surface area contributed by atoms with Crippen LogP contribution < -0.4 is 11.3 Å². The molecule has 0 aromatic rings. The molecule has 31 heavy (non-hydrogen) atoms. The minimum absolute atomic E-state index is 0.474. The molecule has 4 heteroatoms. The van der Waals surface area contributed by atoms with Gasteiger partial charge in [-0.3, -0.25) is 5.43 Å². The van der Waals surface area contributed by atoms with Gasteiger partial charge in [0, 0.05) is 0 Å². The van der Waals surface area contributed by atoms with Crippen molar-refractivity contribution < 1.29 is 9.53 Å². The Morgan fingerprint density at radius 2 is 0.871 bits per heavy atom. The lowest BCUT2D eigenvalue weighted by Gasteiger charge is -2.05. The number of unbranched alkanes of at least 4 members (excludes halogenated alkanes) is 20. The quantitative estimate of drug-likeness (QED) is 0.0681. The Bertz CT molecular complexity index is 361. The van der Waals surface area contributed by atoms with Crippen LogP contribution in [0.1, 0.15) is 155 Å². The number of hydrogen-bond acceptors (Lipinski definition) is 3. The molecule has 186 valence electrons. The fourth-order valence-corrected chi connectivity index (χ4v) is 4.22. The number of ether oxygens (including phenoxy) is 1. The van der Waals surface area contributed by atoms with Crippen LogP contribution in [0.2, 0.25) is 0 Å².